The van der Waals surface area contributed by atoms with E-state index in [1.807, 2.05) is 0 Å². The standard InChI is InChI=1S/C15H21BrN2O2/c1-15(2,3)20-14(19)18-6-4-5-11(10-18)12-7-13(16)9-17-8-12/h7-9,11H,4-6,10H2,1-3H3/i4D2,5D2,6D2,7D,8D,9D,10D2,11D. The van der Waals surface area contributed by atoms with Gasteiger partial charge in [-0.25, -0.2) is 4.79 Å². The lowest BCUT2D eigenvalue weighted by molar-refractivity contribution is 0.0198. The van der Waals surface area contributed by atoms with Gasteiger partial charge in [-0.1, -0.05) is 0 Å². The van der Waals surface area contributed by atoms with Gasteiger partial charge in [0, 0.05) is 45.3 Å². The number of aromatic nitrogens is 1. The molecular formula is C15H21BrN2O2. The van der Waals surface area contributed by atoms with Gasteiger partial charge in [-0.15, -0.1) is 0 Å². The van der Waals surface area contributed by atoms with Gasteiger partial charge in [-0.2, -0.15) is 0 Å². The minimum Gasteiger partial charge on any atom is -0.444 e. The average Bonchev–Trinajstić information content (AvgIpc) is 2.55. The van der Waals surface area contributed by atoms with E-state index in [0.717, 1.165) is 0 Å². The molecule has 2 heterocycles. The van der Waals surface area contributed by atoms with Crippen LogP contribution in [-0.4, -0.2) is 34.6 Å². The number of halogens is 1. The first-order valence-corrected chi connectivity index (χ1v) is 6.46. The summed E-state index contributed by atoms with van der Waals surface area (Å²) in [5.74, 6) is -3.58. The van der Waals surface area contributed by atoms with E-state index in [1.54, 1.807) is 0 Å². The van der Waals surface area contributed by atoms with Gasteiger partial charge >= 0.3 is 6.09 Å². The van der Waals surface area contributed by atoms with Crippen LogP contribution in [0.3, 0.4) is 0 Å². The van der Waals surface area contributed by atoms with Crippen LogP contribution in [0.1, 0.15) is 61.4 Å². The molecule has 1 aliphatic rings. The molecule has 1 atom stereocenters. The Labute approximate surface area is 145 Å². The summed E-state index contributed by atoms with van der Waals surface area (Å²) in [6.45, 7) is -3.18. The van der Waals surface area contributed by atoms with Crippen molar-refractivity contribution in [2.75, 3.05) is 13.0 Å². The van der Waals surface area contributed by atoms with Crippen LogP contribution in [0.2, 0.25) is 0 Å². The Morgan fingerprint density at radius 1 is 1.65 bits per heavy atom. The molecule has 2 rings (SSSR count). The van der Waals surface area contributed by atoms with Gasteiger partial charge in [0.05, 0.1) is 6.85 Å². The summed E-state index contributed by atoms with van der Waals surface area (Å²) in [5.41, 5.74) is -2.35. The molecule has 0 saturated carbocycles. The Bertz CT molecular complexity index is 965. The minimum atomic E-state index is -3.75. The van der Waals surface area contributed by atoms with Crippen molar-refractivity contribution in [3.8, 4) is 0 Å². The molecule has 0 N–H and O–H groups in total. The maximum atomic E-state index is 12.9. The van der Waals surface area contributed by atoms with Gasteiger partial charge in [0.15, 0.2) is 0 Å². The number of rotatable bonds is 1. The largest absolute Gasteiger partial charge is 0.444 e. The highest BCUT2D eigenvalue weighted by molar-refractivity contribution is 9.10. The number of ether oxygens (including phenoxy) is 1. The number of hydrogen-bond donors (Lipinski definition) is 0. The van der Waals surface area contributed by atoms with Crippen LogP contribution in [0.15, 0.2) is 22.9 Å². The fourth-order valence-electron chi connectivity index (χ4n) is 1.25. The molecule has 4 nitrogen and oxygen atoms in total. The second-order valence-corrected chi connectivity index (χ2v) is 5.61. The van der Waals surface area contributed by atoms with Crippen molar-refractivity contribution in [3.05, 3.63) is 28.4 Å². The van der Waals surface area contributed by atoms with Gasteiger partial charge < -0.3 is 9.64 Å². The van der Waals surface area contributed by atoms with Crippen molar-refractivity contribution in [1.82, 2.24) is 9.88 Å². The van der Waals surface area contributed by atoms with Crippen LogP contribution in [0, 0.1) is 0 Å². The fraction of sp³-hybridized carbons (Fsp3) is 0.600. The molecule has 0 aliphatic carbocycles. The number of pyridine rings is 1. The van der Waals surface area contributed by atoms with E-state index in [9.17, 15) is 4.79 Å². The van der Waals surface area contributed by atoms with Crippen LogP contribution in [0.25, 0.3) is 0 Å². The zero-order valence-electron chi connectivity index (χ0n) is 23.1. The normalized spacial score (nSPS) is 42.3. The fourth-order valence-corrected chi connectivity index (χ4v) is 1.54. The van der Waals surface area contributed by atoms with Crippen molar-refractivity contribution in [1.29, 1.82) is 0 Å². The molecule has 1 aliphatic heterocycles. The number of likely N-dealkylation sites (tertiary alicyclic amines) is 1. The summed E-state index contributed by atoms with van der Waals surface area (Å²) in [6, 6.07) is -0.889. The Balaban J connectivity index is 3.01. The zero-order valence-corrected chi connectivity index (χ0v) is 12.7. The van der Waals surface area contributed by atoms with Gasteiger partial charge in [0.2, 0.25) is 0 Å². The van der Waals surface area contributed by atoms with Gasteiger partial charge in [-0.05, 0) is 61.1 Å². The lowest BCUT2D eigenvalue weighted by atomic mass is 9.92. The van der Waals surface area contributed by atoms with Gasteiger partial charge in [0.25, 0.3) is 0 Å². The van der Waals surface area contributed by atoms with E-state index in [1.165, 1.54) is 20.8 Å². The molecule has 110 valence electrons. The molecule has 1 fully saturated rings. The topological polar surface area (TPSA) is 42.4 Å². The number of nitrogens with zero attached hydrogens (tertiary/aromatic N) is 2. The van der Waals surface area contributed by atoms with E-state index in [0.29, 0.717) is 0 Å². The van der Waals surface area contributed by atoms with E-state index < -0.39 is 71.8 Å². The summed E-state index contributed by atoms with van der Waals surface area (Å²) in [4.78, 5) is 16.0. The molecule has 0 spiro atoms. The first-order chi connectivity index (χ1) is 14.0. The van der Waals surface area contributed by atoms with Crippen molar-refractivity contribution in [2.45, 2.75) is 45.0 Å². The minimum absolute atomic E-state index is 0.332. The molecular weight excluding hydrogens is 320 g/mol. The summed E-state index contributed by atoms with van der Waals surface area (Å²) >= 11 is 2.84. The van der Waals surface area contributed by atoms with E-state index in [2.05, 4.69) is 20.9 Å². The predicted molar refractivity (Wildman–Crippen MR) is 81.7 cm³/mol. The second-order valence-electron chi connectivity index (χ2n) is 4.81. The number of piperidine rings is 1. The summed E-state index contributed by atoms with van der Waals surface area (Å²) in [7, 11) is 0. The van der Waals surface area contributed by atoms with Crippen LogP contribution >= 0.6 is 15.9 Å². The first-order valence-electron chi connectivity index (χ1n) is 11.7. The van der Waals surface area contributed by atoms with Gasteiger partial charge in [0.1, 0.15) is 5.60 Å². The molecule has 20 heavy (non-hydrogen) atoms. The number of amides is 1. The van der Waals surface area contributed by atoms with Gasteiger partial charge in [-0.3, -0.25) is 4.98 Å². The van der Waals surface area contributed by atoms with E-state index in [-0.39, 0.29) is 4.90 Å². The third-order valence-corrected chi connectivity index (χ3v) is 2.34. The molecule has 0 aromatic carbocycles. The highest BCUT2D eigenvalue weighted by Crippen LogP contribution is 2.28. The molecule has 1 unspecified atom stereocenters. The average molecular weight is 353 g/mol. The molecule has 1 aromatic heterocycles. The molecule has 0 bridgehead atoms. The van der Waals surface area contributed by atoms with Crippen LogP contribution in [0.4, 0.5) is 4.79 Å². The number of carbonyl (C=O) groups excluding carboxylic acids is 1. The van der Waals surface area contributed by atoms with Crippen LogP contribution in [0.5, 0.6) is 0 Å². The van der Waals surface area contributed by atoms with E-state index >= 15 is 0 Å². The van der Waals surface area contributed by atoms with Crippen molar-refractivity contribution in [3.63, 3.8) is 0 Å². The summed E-state index contributed by atoms with van der Waals surface area (Å²) in [5, 5.41) is 0. The lowest BCUT2D eigenvalue weighted by Crippen LogP contribution is -2.42. The van der Waals surface area contributed by atoms with Crippen LogP contribution in [-0.2, 0) is 4.74 Å². The SMILES string of the molecule is [2H]c1nc([2H])c(C2([2H])C([2H])([2H])N(C(=O)OC(C)(C)C)C([2H])([2H])C([2H])([2H])C2([2H])[2H])c([2H])c1Br. The third kappa shape index (κ3) is 4.20. The van der Waals surface area contributed by atoms with Crippen molar-refractivity contribution < 1.29 is 26.0 Å². The monoisotopic (exact) mass is 352 g/mol. The Kier molecular flexibility index (Phi) is 1.82. The zero-order chi connectivity index (χ0) is 25.5. The maximum absolute atomic E-state index is 12.9. The summed E-state index contributed by atoms with van der Waals surface area (Å²) < 4.78 is 104. The maximum Gasteiger partial charge on any atom is 0.410 e. The van der Waals surface area contributed by atoms with Crippen molar-refractivity contribution >= 4 is 22.0 Å². The Hall–Kier alpha value is -1.10. The molecule has 1 aromatic rings. The molecule has 0 radical (unpaired) electrons. The second kappa shape index (κ2) is 6.12. The van der Waals surface area contributed by atoms with Crippen molar-refractivity contribution in [2.24, 2.45) is 0 Å². The number of hydrogen-bond acceptors (Lipinski definition) is 3. The smallest absolute Gasteiger partial charge is 0.410 e. The summed E-state index contributed by atoms with van der Waals surface area (Å²) in [6.07, 6.45) is -10.9. The molecule has 5 heteroatoms. The Morgan fingerprint density at radius 2 is 2.40 bits per heavy atom. The molecule has 1 amide bonds. The van der Waals surface area contributed by atoms with Crippen LogP contribution < -0.4 is 0 Å². The lowest BCUT2D eigenvalue weighted by Gasteiger charge is -2.34. The van der Waals surface area contributed by atoms with E-state index in [4.69, 9.17) is 21.2 Å². The first kappa shape index (κ1) is 5.95. The molecule has 1 saturated heterocycles. The third-order valence-electron chi connectivity index (χ3n) is 1.96. The highest BCUT2D eigenvalue weighted by Gasteiger charge is 2.28. The Morgan fingerprint density at radius 3 is 3.10 bits per heavy atom. The number of carbonyl (C=O) groups is 1. The highest BCUT2D eigenvalue weighted by atomic mass is 79.9. The quantitative estimate of drug-likeness (QED) is 0.768. The predicted octanol–water partition coefficient (Wildman–Crippen LogP) is 3.96.